The van der Waals surface area contributed by atoms with E-state index in [4.69, 9.17) is 0 Å². The van der Waals surface area contributed by atoms with Gasteiger partial charge in [-0.3, -0.25) is 9.59 Å². The van der Waals surface area contributed by atoms with Gasteiger partial charge in [0.05, 0.1) is 6.10 Å². The van der Waals surface area contributed by atoms with Crippen molar-refractivity contribution in [2.45, 2.75) is 39.7 Å². The van der Waals surface area contributed by atoms with Gasteiger partial charge in [-0.25, -0.2) is 0 Å². The van der Waals surface area contributed by atoms with Gasteiger partial charge in [0, 0.05) is 0 Å². The van der Waals surface area contributed by atoms with Crippen molar-refractivity contribution in [3.8, 4) is 0 Å². The maximum atomic E-state index is 11.8. The van der Waals surface area contributed by atoms with Crippen molar-refractivity contribution in [1.29, 1.82) is 0 Å². The average molecular weight is 252 g/mol. The number of carboxylic acid groups (broad SMARTS) is 1. The van der Waals surface area contributed by atoms with Crippen molar-refractivity contribution in [3.05, 3.63) is 23.8 Å². The fourth-order valence-electron chi connectivity index (χ4n) is 2.69. The highest BCUT2D eigenvalue weighted by Crippen LogP contribution is 2.44. The number of carboxylic acids is 1. The average Bonchev–Trinajstić information content (AvgIpc) is 2.28. The van der Waals surface area contributed by atoms with E-state index in [9.17, 15) is 19.8 Å². The summed E-state index contributed by atoms with van der Waals surface area (Å²) in [5.41, 5.74) is 0.734. The van der Waals surface area contributed by atoms with Crippen molar-refractivity contribution >= 4 is 11.8 Å². The molecule has 0 saturated carbocycles. The highest BCUT2D eigenvalue weighted by molar-refractivity contribution is 6.07. The first kappa shape index (κ1) is 14.6. The third-order valence-corrected chi connectivity index (χ3v) is 3.72. The van der Waals surface area contributed by atoms with Crippen LogP contribution in [0.1, 0.15) is 33.6 Å². The molecule has 0 aromatic heterocycles. The van der Waals surface area contributed by atoms with Crippen molar-refractivity contribution in [2.24, 2.45) is 11.3 Å². The maximum Gasteiger partial charge on any atom is 0.318 e. The zero-order valence-corrected chi connectivity index (χ0v) is 11.1. The smallest absolute Gasteiger partial charge is 0.318 e. The quantitative estimate of drug-likeness (QED) is 0.455. The summed E-state index contributed by atoms with van der Waals surface area (Å²) in [4.78, 5) is 23.1. The minimum absolute atomic E-state index is 0.398. The number of hydrogen-bond acceptors (Lipinski definition) is 3. The van der Waals surface area contributed by atoms with Crippen molar-refractivity contribution in [2.75, 3.05) is 0 Å². The summed E-state index contributed by atoms with van der Waals surface area (Å²) in [6, 6.07) is 0. The van der Waals surface area contributed by atoms with Crippen LogP contribution in [0.15, 0.2) is 23.8 Å². The Balaban J connectivity index is 3.39. The summed E-state index contributed by atoms with van der Waals surface area (Å²) < 4.78 is 0. The van der Waals surface area contributed by atoms with E-state index in [2.05, 4.69) is 6.58 Å². The molecule has 1 aliphatic carbocycles. The minimum atomic E-state index is -1.23. The molecule has 2 atom stereocenters. The van der Waals surface area contributed by atoms with Gasteiger partial charge < -0.3 is 10.2 Å². The van der Waals surface area contributed by atoms with Crippen molar-refractivity contribution in [3.63, 3.8) is 0 Å². The number of carbonyl (C=O) groups excluding carboxylic acids is 1. The van der Waals surface area contributed by atoms with Gasteiger partial charge in [0.25, 0.3) is 0 Å². The Bertz CT molecular complexity index is 418. The van der Waals surface area contributed by atoms with E-state index in [0.717, 1.165) is 6.08 Å². The molecule has 0 aliphatic heterocycles. The number of rotatable bonds is 4. The fraction of sp³-hybridized carbons (Fsp3) is 0.571. The summed E-state index contributed by atoms with van der Waals surface area (Å²) in [5, 5.41) is 19.2. The number of carbonyl (C=O) groups is 2. The van der Waals surface area contributed by atoms with E-state index in [1.807, 2.05) is 13.8 Å². The predicted molar refractivity (Wildman–Crippen MR) is 68.1 cm³/mol. The normalized spacial score (nSPS) is 24.6. The first-order chi connectivity index (χ1) is 8.22. The lowest BCUT2D eigenvalue weighted by Crippen LogP contribution is -2.37. The Morgan fingerprint density at radius 3 is 2.50 bits per heavy atom. The number of allylic oxidation sites excluding steroid dienone is 1. The summed E-state index contributed by atoms with van der Waals surface area (Å²) >= 11 is 0. The summed E-state index contributed by atoms with van der Waals surface area (Å²) in [6.45, 7) is 8.87. The van der Waals surface area contributed by atoms with Crippen LogP contribution in [0.25, 0.3) is 0 Å². The van der Waals surface area contributed by atoms with Crippen molar-refractivity contribution < 1.29 is 19.8 Å². The molecule has 0 heterocycles. The Hall–Kier alpha value is -1.42. The molecule has 1 rings (SSSR count). The monoisotopic (exact) mass is 252 g/mol. The number of aliphatic carboxylic acids is 1. The molecule has 0 amide bonds. The molecule has 2 N–H and O–H groups in total. The van der Waals surface area contributed by atoms with Crippen LogP contribution in [-0.4, -0.2) is 28.1 Å². The predicted octanol–water partition coefficient (Wildman–Crippen LogP) is 1.94. The Labute approximate surface area is 107 Å². The van der Waals surface area contributed by atoms with Crippen LogP contribution in [0.5, 0.6) is 0 Å². The van der Waals surface area contributed by atoms with E-state index >= 15 is 0 Å². The zero-order valence-electron chi connectivity index (χ0n) is 11.1. The Kier molecular flexibility index (Phi) is 4.12. The lowest BCUT2D eigenvalue weighted by Gasteiger charge is -2.38. The van der Waals surface area contributed by atoms with Crippen molar-refractivity contribution in [1.82, 2.24) is 0 Å². The van der Waals surface area contributed by atoms with Gasteiger partial charge in [0.1, 0.15) is 5.92 Å². The maximum absolute atomic E-state index is 11.8. The molecule has 1 aliphatic rings. The van der Waals surface area contributed by atoms with Crippen LogP contribution in [-0.2, 0) is 9.59 Å². The molecule has 0 aromatic carbocycles. The van der Waals surface area contributed by atoms with E-state index in [1.54, 1.807) is 6.92 Å². The zero-order chi connectivity index (χ0) is 14.1. The van der Waals surface area contributed by atoms with Crippen LogP contribution in [0.4, 0.5) is 0 Å². The molecular weight excluding hydrogens is 232 g/mol. The van der Waals surface area contributed by atoms with Crippen LogP contribution >= 0.6 is 0 Å². The molecule has 0 fully saturated rings. The van der Waals surface area contributed by atoms with Gasteiger partial charge >= 0.3 is 5.97 Å². The van der Waals surface area contributed by atoms with E-state index in [1.165, 1.54) is 0 Å². The molecule has 0 spiro atoms. The molecule has 0 saturated heterocycles. The van der Waals surface area contributed by atoms with E-state index in [-0.39, 0.29) is 0 Å². The van der Waals surface area contributed by atoms with Gasteiger partial charge in [-0.2, -0.15) is 0 Å². The lowest BCUT2D eigenvalue weighted by molar-refractivity contribution is -0.144. The van der Waals surface area contributed by atoms with E-state index < -0.39 is 29.2 Å². The van der Waals surface area contributed by atoms with E-state index in [0.29, 0.717) is 24.0 Å². The molecule has 0 aromatic rings. The first-order valence-corrected chi connectivity index (χ1v) is 6.00. The van der Waals surface area contributed by atoms with Gasteiger partial charge in [0.2, 0.25) is 0 Å². The molecular formula is C14H20O4. The SMILES string of the molecule is C=CC(=O)C(C(=O)O)C1=C(C)C(O)CCC1(C)C. The van der Waals surface area contributed by atoms with Gasteiger partial charge in [-0.1, -0.05) is 20.4 Å². The Morgan fingerprint density at radius 1 is 1.50 bits per heavy atom. The highest BCUT2D eigenvalue weighted by atomic mass is 16.4. The van der Waals surface area contributed by atoms with Crippen LogP contribution in [0, 0.1) is 11.3 Å². The number of ketones is 1. The second-order valence-electron chi connectivity index (χ2n) is 5.41. The molecule has 4 heteroatoms. The molecule has 18 heavy (non-hydrogen) atoms. The molecule has 0 radical (unpaired) electrons. The molecule has 4 nitrogen and oxygen atoms in total. The second-order valence-corrected chi connectivity index (χ2v) is 5.41. The third-order valence-electron chi connectivity index (χ3n) is 3.72. The first-order valence-electron chi connectivity index (χ1n) is 6.00. The largest absolute Gasteiger partial charge is 0.480 e. The molecule has 100 valence electrons. The summed E-state index contributed by atoms with van der Waals surface area (Å²) in [6.07, 6.45) is 1.63. The fourth-order valence-corrected chi connectivity index (χ4v) is 2.69. The van der Waals surface area contributed by atoms with Crippen LogP contribution in [0.2, 0.25) is 0 Å². The van der Waals surface area contributed by atoms with Crippen LogP contribution < -0.4 is 0 Å². The standard InChI is InChI=1S/C14H20O4/c1-5-9(15)11(13(17)18)12-8(2)10(16)6-7-14(12,3)4/h5,10-11,16H,1,6-7H2,2-4H3,(H,17,18). The van der Waals surface area contributed by atoms with Gasteiger partial charge in [-0.05, 0) is 42.4 Å². The van der Waals surface area contributed by atoms with Gasteiger partial charge in [-0.15, -0.1) is 0 Å². The summed E-state index contributed by atoms with van der Waals surface area (Å²) in [7, 11) is 0. The number of aliphatic hydroxyl groups is 1. The molecule has 2 unspecified atom stereocenters. The summed E-state index contributed by atoms with van der Waals surface area (Å²) in [5.74, 6) is -2.94. The topological polar surface area (TPSA) is 74.6 Å². The minimum Gasteiger partial charge on any atom is -0.480 e. The van der Waals surface area contributed by atoms with Gasteiger partial charge in [0.15, 0.2) is 5.78 Å². The molecule has 0 bridgehead atoms. The second kappa shape index (κ2) is 5.06. The number of hydrogen-bond donors (Lipinski definition) is 2. The number of aliphatic hydroxyl groups excluding tert-OH is 1. The Morgan fingerprint density at radius 2 is 2.06 bits per heavy atom. The lowest BCUT2D eigenvalue weighted by atomic mass is 9.66. The highest BCUT2D eigenvalue weighted by Gasteiger charge is 2.41. The van der Waals surface area contributed by atoms with Crippen LogP contribution in [0.3, 0.4) is 0 Å². The third kappa shape index (κ3) is 2.53.